The van der Waals surface area contributed by atoms with Crippen molar-refractivity contribution in [3.8, 4) is 11.1 Å². The minimum Gasteiger partial charge on any atom is -0.339 e. The summed E-state index contributed by atoms with van der Waals surface area (Å²) < 4.78 is 0. The summed E-state index contributed by atoms with van der Waals surface area (Å²) in [5.41, 5.74) is 6.85. The fourth-order valence-corrected chi connectivity index (χ4v) is 3.83. The van der Waals surface area contributed by atoms with E-state index in [4.69, 9.17) is 0 Å². The zero-order valence-electron chi connectivity index (χ0n) is 15.9. The van der Waals surface area contributed by atoms with E-state index in [1.54, 1.807) is 0 Å². The highest BCUT2D eigenvalue weighted by atomic mass is 16.2. The summed E-state index contributed by atoms with van der Waals surface area (Å²) in [6, 6.07) is 14.8. The standard InChI is InChI=1S/C23H25N3O/c1-16-3-4-21(13-17(16)2)23(27)26-11-9-20(10-12-26)18-5-7-19(8-6-18)22-14-24-25-15-22/h3-8,13-15,20H,9-12H2,1-2H3,(H,24,25). The maximum Gasteiger partial charge on any atom is 0.253 e. The molecule has 1 amide bonds. The Kier molecular flexibility index (Phi) is 4.80. The molecular weight excluding hydrogens is 334 g/mol. The summed E-state index contributed by atoms with van der Waals surface area (Å²) in [6.07, 6.45) is 5.78. The molecule has 2 aromatic carbocycles. The van der Waals surface area contributed by atoms with Gasteiger partial charge in [-0.15, -0.1) is 0 Å². The number of carbonyl (C=O) groups excluding carboxylic acids is 1. The quantitative estimate of drug-likeness (QED) is 0.736. The zero-order valence-corrected chi connectivity index (χ0v) is 15.9. The zero-order chi connectivity index (χ0) is 18.8. The van der Waals surface area contributed by atoms with E-state index in [0.29, 0.717) is 5.92 Å². The number of amides is 1. The summed E-state index contributed by atoms with van der Waals surface area (Å²) in [7, 11) is 0. The summed E-state index contributed by atoms with van der Waals surface area (Å²) in [4.78, 5) is 14.8. The maximum absolute atomic E-state index is 12.8. The Bertz CT molecular complexity index is 921. The molecule has 2 heterocycles. The Morgan fingerprint density at radius 1 is 1.00 bits per heavy atom. The minimum absolute atomic E-state index is 0.159. The van der Waals surface area contributed by atoms with Gasteiger partial charge in [-0.1, -0.05) is 30.3 Å². The highest BCUT2D eigenvalue weighted by molar-refractivity contribution is 5.94. The Labute approximate surface area is 160 Å². The van der Waals surface area contributed by atoms with Crippen LogP contribution in [-0.4, -0.2) is 34.1 Å². The van der Waals surface area contributed by atoms with Crippen LogP contribution in [0.25, 0.3) is 11.1 Å². The lowest BCUT2D eigenvalue weighted by Crippen LogP contribution is -2.37. The van der Waals surface area contributed by atoms with Crippen LogP contribution in [0.5, 0.6) is 0 Å². The molecule has 3 aromatic rings. The van der Waals surface area contributed by atoms with Crippen molar-refractivity contribution in [3.05, 3.63) is 77.1 Å². The van der Waals surface area contributed by atoms with Crippen LogP contribution in [0, 0.1) is 13.8 Å². The van der Waals surface area contributed by atoms with Crippen molar-refractivity contribution in [2.45, 2.75) is 32.6 Å². The highest BCUT2D eigenvalue weighted by Crippen LogP contribution is 2.30. The van der Waals surface area contributed by atoms with Crippen molar-refractivity contribution < 1.29 is 4.79 Å². The lowest BCUT2D eigenvalue weighted by molar-refractivity contribution is 0.0713. The number of aromatic amines is 1. The van der Waals surface area contributed by atoms with E-state index < -0.39 is 0 Å². The van der Waals surface area contributed by atoms with E-state index in [2.05, 4.69) is 48.3 Å². The predicted octanol–water partition coefficient (Wildman–Crippen LogP) is 4.71. The van der Waals surface area contributed by atoms with Crippen molar-refractivity contribution in [1.82, 2.24) is 15.1 Å². The Morgan fingerprint density at radius 2 is 1.74 bits per heavy atom. The van der Waals surface area contributed by atoms with E-state index in [1.807, 2.05) is 35.5 Å². The first-order valence-electron chi connectivity index (χ1n) is 9.57. The average molecular weight is 359 g/mol. The molecule has 0 atom stereocenters. The predicted molar refractivity (Wildman–Crippen MR) is 108 cm³/mol. The van der Waals surface area contributed by atoms with Gasteiger partial charge in [0, 0.05) is 30.4 Å². The number of nitrogens with one attached hydrogen (secondary N) is 1. The number of aromatic nitrogens is 2. The van der Waals surface area contributed by atoms with Crippen LogP contribution in [-0.2, 0) is 0 Å². The molecule has 27 heavy (non-hydrogen) atoms. The number of rotatable bonds is 3. The molecule has 0 aliphatic carbocycles. The van der Waals surface area contributed by atoms with Crippen LogP contribution in [0.1, 0.15) is 45.8 Å². The van der Waals surface area contributed by atoms with Gasteiger partial charge >= 0.3 is 0 Å². The third-order valence-corrected chi connectivity index (χ3v) is 5.75. The Morgan fingerprint density at radius 3 is 2.37 bits per heavy atom. The topological polar surface area (TPSA) is 49.0 Å². The first-order chi connectivity index (χ1) is 13.1. The van der Waals surface area contributed by atoms with Crippen LogP contribution in [0.4, 0.5) is 0 Å². The highest BCUT2D eigenvalue weighted by Gasteiger charge is 2.24. The van der Waals surface area contributed by atoms with Gasteiger partial charge in [-0.3, -0.25) is 9.89 Å². The lowest BCUT2D eigenvalue weighted by atomic mass is 9.88. The number of nitrogens with zero attached hydrogens (tertiary/aromatic N) is 2. The number of carbonyl (C=O) groups is 1. The number of benzene rings is 2. The van der Waals surface area contributed by atoms with Gasteiger partial charge < -0.3 is 4.90 Å². The molecule has 138 valence electrons. The minimum atomic E-state index is 0.159. The molecule has 0 radical (unpaired) electrons. The first kappa shape index (κ1) is 17.5. The summed E-state index contributed by atoms with van der Waals surface area (Å²) >= 11 is 0. The van der Waals surface area contributed by atoms with Gasteiger partial charge in [-0.05, 0) is 67.0 Å². The number of likely N-dealkylation sites (tertiary alicyclic amines) is 1. The van der Waals surface area contributed by atoms with Gasteiger partial charge in [0.15, 0.2) is 0 Å². The molecule has 0 spiro atoms. The van der Waals surface area contributed by atoms with Crippen molar-refractivity contribution in [2.24, 2.45) is 0 Å². The third kappa shape index (κ3) is 3.65. The van der Waals surface area contributed by atoms with Gasteiger partial charge in [0.25, 0.3) is 5.91 Å². The number of aryl methyl sites for hydroxylation is 2. The van der Waals surface area contributed by atoms with E-state index in [0.717, 1.165) is 37.1 Å². The largest absolute Gasteiger partial charge is 0.339 e. The van der Waals surface area contributed by atoms with Crippen LogP contribution in [0.3, 0.4) is 0 Å². The molecule has 1 fully saturated rings. The SMILES string of the molecule is Cc1ccc(C(=O)N2CCC(c3ccc(-c4cn[nH]c4)cc3)CC2)cc1C. The molecule has 0 bridgehead atoms. The van der Waals surface area contributed by atoms with Crippen LogP contribution in [0.15, 0.2) is 54.9 Å². The molecule has 4 heteroatoms. The number of piperidine rings is 1. The van der Waals surface area contributed by atoms with Gasteiger partial charge in [0.1, 0.15) is 0 Å². The van der Waals surface area contributed by atoms with Crippen LogP contribution >= 0.6 is 0 Å². The maximum atomic E-state index is 12.8. The summed E-state index contributed by atoms with van der Waals surface area (Å²) in [5, 5.41) is 6.86. The second-order valence-electron chi connectivity index (χ2n) is 7.47. The second-order valence-corrected chi connectivity index (χ2v) is 7.47. The Hall–Kier alpha value is -2.88. The van der Waals surface area contributed by atoms with Gasteiger partial charge in [-0.2, -0.15) is 5.10 Å². The molecule has 1 aliphatic rings. The smallest absolute Gasteiger partial charge is 0.253 e. The van der Waals surface area contributed by atoms with Crippen molar-refractivity contribution in [1.29, 1.82) is 0 Å². The second kappa shape index (κ2) is 7.39. The summed E-state index contributed by atoms with van der Waals surface area (Å²) in [5.74, 6) is 0.680. The van der Waals surface area contributed by atoms with Crippen LogP contribution < -0.4 is 0 Å². The van der Waals surface area contributed by atoms with E-state index in [9.17, 15) is 4.79 Å². The summed E-state index contributed by atoms with van der Waals surface area (Å²) in [6.45, 7) is 5.78. The molecule has 1 saturated heterocycles. The average Bonchev–Trinajstić information content (AvgIpc) is 3.25. The fraction of sp³-hybridized carbons (Fsp3) is 0.304. The normalized spacial score (nSPS) is 15.1. The van der Waals surface area contributed by atoms with Crippen molar-refractivity contribution in [2.75, 3.05) is 13.1 Å². The molecule has 4 nitrogen and oxygen atoms in total. The molecule has 0 unspecified atom stereocenters. The van der Waals surface area contributed by atoms with Crippen molar-refractivity contribution >= 4 is 5.91 Å². The number of H-pyrrole nitrogens is 1. The van der Waals surface area contributed by atoms with Crippen LogP contribution in [0.2, 0.25) is 0 Å². The molecule has 1 aromatic heterocycles. The third-order valence-electron chi connectivity index (χ3n) is 5.75. The van der Waals surface area contributed by atoms with Gasteiger partial charge in [0.05, 0.1) is 6.20 Å². The van der Waals surface area contributed by atoms with E-state index in [1.165, 1.54) is 22.3 Å². The van der Waals surface area contributed by atoms with E-state index in [-0.39, 0.29) is 5.91 Å². The molecule has 1 N–H and O–H groups in total. The lowest BCUT2D eigenvalue weighted by Gasteiger charge is -2.32. The fourth-order valence-electron chi connectivity index (χ4n) is 3.83. The van der Waals surface area contributed by atoms with Crippen molar-refractivity contribution in [3.63, 3.8) is 0 Å². The molecular formula is C23H25N3O. The molecule has 1 aliphatic heterocycles. The monoisotopic (exact) mass is 359 g/mol. The number of hydrogen-bond donors (Lipinski definition) is 1. The van der Waals surface area contributed by atoms with Gasteiger partial charge in [0.2, 0.25) is 0 Å². The molecule has 0 saturated carbocycles. The first-order valence-corrected chi connectivity index (χ1v) is 9.57. The van der Waals surface area contributed by atoms with E-state index >= 15 is 0 Å². The molecule has 4 rings (SSSR count). The Balaban J connectivity index is 1.39. The number of hydrogen-bond acceptors (Lipinski definition) is 2. The van der Waals surface area contributed by atoms with Gasteiger partial charge in [-0.25, -0.2) is 0 Å².